The normalized spacial score (nSPS) is 15.4. The molecule has 2 N–H and O–H groups in total. The van der Waals surface area contributed by atoms with E-state index in [0.717, 1.165) is 23.1 Å². The van der Waals surface area contributed by atoms with Crippen LogP contribution in [-0.2, 0) is 9.59 Å². The second kappa shape index (κ2) is 7.41. The van der Waals surface area contributed by atoms with E-state index < -0.39 is 32.4 Å². The molecule has 2 aromatic rings. The van der Waals surface area contributed by atoms with Gasteiger partial charge in [-0.05, 0) is 18.2 Å². The molecule has 2 aromatic carbocycles. The van der Waals surface area contributed by atoms with E-state index in [2.05, 4.69) is 10.6 Å². The Bertz CT molecular complexity index is 964. The fourth-order valence-electron chi connectivity index (χ4n) is 2.49. The van der Waals surface area contributed by atoms with Crippen LogP contribution in [0.2, 0.25) is 0 Å². The lowest BCUT2D eigenvalue weighted by atomic mass is 10.2. The van der Waals surface area contributed by atoms with Crippen molar-refractivity contribution in [3.8, 4) is 0 Å². The summed E-state index contributed by atoms with van der Waals surface area (Å²) in [7, 11) is 0. The molecule has 0 bridgehead atoms. The summed E-state index contributed by atoms with van der Waals surface area (Å²) in [6.07, 6.45) is -0.209. The van der Waals surface area contributed by atoms with Gasteiger partial charge in [-0.15, -0.1) is 11.8 Å². The lowest BCUT2D eigenvalue weighted by molar-refractivity contribution is -0.393. The van der Waals surface area contributed by atoms with Crippen LogP contribution in [0.3, 0.4) is 0 Å². The molecule has 0 radical (unpaired) electrons. The molecule has 0 aromatic heterocycles. The highest BCUT2D eigenvalue weighted by Gasteiger charge is 2.29. The van der Waals surface area contributed by atoms with Crippen LogP contribution >= 0.6 is 11.8 Å². The number of nitrogens with zero attached hydrogens (tertiary/aromatic N) is 2. The van der Waals surface area contributed by atoms with E-state index in [1.807, 2.05) is 6.07 Å². The summed E-state index contributed by atoms with van der Waals surface area (Å²) in [5.41, 5.74) is -0.561. The third-order valence-electron chi connectivity index (χ3n) is 3.74. The number of thioether (sulfide) groups is 1. The van der Waals surface area contributed by atoms with Crippen molar-refractivity contribution in [2.75, 3.05) is 10.6 Å². The molecule has 1 aliphatic heterocycles. The first kappa shape index (κ1) is 18.3. The smallest absolute Gasteiger partial charge is 0.299 e. The van der Waals surface area contributed by atoms with E-state index in [-0.39, 0.29) is 18.0 Å². The molecule has 10 nitrogen and oxygen atoms in total. The SMILES string of the molecule is O=C(CC1Sc2ccccc2NC1=O)Nc1ccc([N+](=O)[O-])cc1[N+](=O)[O-]. The third kappa shape index (κ3) is 4.03. The Morgan fingerprint density at radius 3 is 2.59 bits per heavy atom. The number of anilines is 2. The average Bonchev–Trinajstić information content (AvgIpc) is 2.62. The number of amides is 2. The van der Waals surface area contributed by atoms with E-state index in [4.69, 9.17) is 0 Å². The largest absolute Gasteiger partial charge is 0.324 e. The van der Waals surface area contributed by atoms with Gasteiger partial charge in [-0.1, -0.05) is 12.1 Å². The number of carbonyl (C=O) groups is 2. The number of non-ortho nitro benzene ring substituents is 1. The summed E-state index contributed by atoms with van der Waals surface area (Å²) < 4.78 is 0. The molecular formula is C16H12N4O6S. The first-order chi connectivity index (χ1) is 12.8. The van der Waals surface area contributed by atoms with Gasteiger partial charge in [-0.3, -0.25) is 29.8 Å². The minimum absolute atomic E-state index is 0.169. The Morgan fingerprint density at radius 1 is 1.15 bits per heavy atom. The maximum atomic E-state index is 12.3. The Balaban J connectivity index is 1.74. The van der Waals surface area contributed by atoms with Crippen LogP contribution in [0.15, 0.2) is 47.4 Å². The number of benzene rings is 2. The molecule has 0 saturated heterocycles. The molecule has 1 atom stereocenters. The number of para-hydroxylation sites is 1. The number of hydrogen-bond acceptors (Lipinski definition) is 7. The van der Waals surface area contributed by atoms with Gasteiger partial charge < -0.3 is 10.6 Å². The molecule has 2 amide bonds. The number of nitrogens with one attached hydrogen (secondary N) is 2. The summed E-state index contributed by atoms with van der Waals surface area (Å²) in [6.45, 7) is 0. The van der Waals surface area contributed by atoms with Crippen LogP contribution in [-0.4, -0.2) is 26.9 Å². The molecule has 1 unspecified atom stereocenters. The fourth-order valence-corrected chi connectivity index (χ4v) is 3.60. The van der Waals surface area contributed by atoms with Crippen LogP contribution in [0.5, 0.6) is 0 Å². The second-order valence-corrected chi connectivity index (χ2v) is 6.80. The van der Waals surface area contributed by atoms with Crippen molar-refractivity contribution in [1.29, 1.82) is 0 Å². The summed E-state index contributed by atoms with van der Waals surface area (Å²) in [5.74, 6) is -0.953. The zero-order valence-corrected chi connectivity index (χ0v) is 14.4. The van der Waals surface area contributed by atoms with Crippen molar-refractivity contribution in [1.82, 2.24) is 0 Å². The molecule has 0 fully saturated rings. The number of nitro benzene ring substituents is 2. The first-order valence-corrected chi connectivity index (χ1v) is 8.52. The van der Waals surface area contributed by atoms with Crippen LogP contribution in [0.4, 0.5) is 22.7 Å². The average molecular weight is 388 g/mol. The summed E-state index contributed by atoms with van der Waals surface area (Å²) in [6, 6.07) is 10.1. The van der Waals surface area contributed by atoms with Gasteiger partial charge >= 0.3 is 0 Å². The zero-order chi connectivity index (χ0) is 19.6. The standard InChI is InChI=1S/C16H12N4O6S/c21-15(8-14-16(22)18-11-3-1-2-4-13(11)27-14)17-10-6-5-9(19(23)24)7-12(10)20(25)26/h1-7,14H,8H2,(H,17,21)(H,18,22). The van der Waals surface area contributed by atoms with Crippen molar-refractivity contribution < 1.29 is 19.4 Å². The number of carbonyl (C=O) groups excluding carboxylic acids is 2. The molecule has 0 aliphatic carbocycles. The Morgan fingerprint density at radius 2 is 1.89 bits per heavy atom. The van der Waals surface area contributed by atoms with Crippen molar-refractivity contribution >= 4 is 46.3 Å². The van der Waals surface area contributed by atoms with Crippen molar-refractivity contribution in [2.45, 2.75) is 16.6 Å². The topological polar surface area (TPSA) is 144 Å². The highest BCUT2D eigenvalue weighted by atomic mass is 32.2. The predicted octanol–water partition coefficient (Wildman–Crippen LogP) is 2.94. The molecule has 138 valence electrons. The Labute approximate surface area is 156 Å². The van der Waals surface area contributed by atoms with Gasteiger partial charge in [0, 0.05) is 17.4 Å². The molecule has 1 heterocycles. The maximum absolute atomic E-state index is 12.3. The Hall–Kier alpha value is -3.47. The summed E-state index contributed by atoms with van der Waals surface area (Å²) in [5, 5.41) is 26.2. The molecule has 11 heteroatoms. The first-order valence-electron chi connectivity index (χ1n) is 7.64. The molecule has 0 spiro atoms. The molecule has 1 aliphatic rings. The van der Waals surface area contributed by atoms with Crippen molar-refractivity contribution in [3.05, 3.63) is 62.7 Å². The van der Waals surface area contributed by atoms with Gasteiger partial charge in [0.2, 0.25) is 11.8 Å². The van der Waals surface area contributed by atoms with Crippen molar-refractivity contribution in [3.63, 3.8) is 0 Å². The Kier molecular flexibility index (Phi) is 5.03. The number of nitro groups is 2. The molecular weight excluding hydrogens is 376 g/mol. The summed E-state index contributed by atoms with van der Waals surface area (Å²) >= 11 is 1.22. The van der Waals surface area contributed by atoms with Crippen molar-refractivity contribution in [2.24, 2.45) is 0 Å². The van der Waals surface area contributed by atoms with Crippen LogP contribution in [0.25, 0.3) is 0 Å². The lowest BCUT2D eigenvalue weighted by Gasteiger charge is -2.23. The third-order valence-corrected chi connectivity index (χ3v) is 5.02. The summed E-state index contributed by atoms with van der Waals surface area (Å²) in [4.78, 5) is 45.5. The zero-order valence-electron chi connectivity index (χ0n) is 13.6. The van der Waals surface area contributed by atoms with Crippen LogP contribution in [0.1, 0.15) is 6.42 Å². The quantitative estimate of drug-likeness (QED) is 0.591. The molecule has 27 heavy (non-hydrogen) atoms. The molecule has 0 saturated carbocycles. The van der Waals surface area contributed by atoms with Gasteiger partial charge in [0.1, 0.15) is 5.69 Å². The minimum atomic E-state index is -0.819. The number of fused-ring (bicyclic) bond motifs is 1. The van der Waals surface area contributed by atoms with E-state index in [9.17, 15) is 29.8 Å². The predicted molar refractivity (Wildman–Crippen MR) is 97.7 cm³/mol. The van der Waals surface area contributed by atoms with E-state index in [1.165, 1.54) is 11.8 Å². The van der Waals surface area contributed by atoms with Crippen LogP contribution in [0, 0.1) is 20.2 Å². The van der Waals surface area contributed by atoms with E-state index in [1.54, 1.807) is 18.2 Å². The number of hydrogen-bond donors (Lipinski definition) is 2. The van der Waals surface area contributed by atoms with Gasteiger partial charge in [-0.25, -0.2) is 0 Å². The van der Waals surface area contributed by atoms with E-state index in [0.29, 0.717) is 5.69 Å². The highest BCUT2D eigenvalue weighted by molar-refractivity contribution is 8.01. The van der Waals surface area contributed by atoms with Gasteiger partial charge in [-0.2, -0.15) is 0 Å². The van der Waals surface area contributed by atoms with Crippen LogP contribution < -0.4 is 10.6 Å². The monoisotopic (exact) mass is 388 g/mol. The fraction of sp³-hybridized carbons (Fsp3) is 0.125. The van der Waals surface area contributed by atoms with Gasteiger partial charge in [0.15, 0.2) is 0 Å². The second-order valence-electron chi connectivity index (χ2n) is 5.56. The van der Waals surface area contributed by atoms with E-state index >= 15 is 0 Å². The maximum Gasteiger partial charge on any atom is 0.299 e. The minimum Gasteiger partial charge on any atom is -0.324 e. The lowest BCUT2D eigenvalue weighted by Crippen LogP contribution is -2.32. The van der Waals surface area contributed by atoms with Gasteiger partial charge in [0.25, 0.3) is 11.4 Å². The highest BCUT2D eigenvalue weighted by Crippen LogP contribution is 2.37. The molecule has 3 rings (SSSR count). The van der Waals surface area contributed by atoms with Gasteiger partial charge in [0.05, 0.1) is 26.9 Å². The number of rotatable bonds is 5.